The van der Waals surface area contributed by atoms with Crippen LogP contribution >= 0.6 is 0 Å². The SMILES string of the molecule is CCc1nc(Oc2cc(C(=O)Cc3ccccc3)ccn2)nc(N2CCN(C)CC2)n1. The topological polar surface area (TPSA) is 84.3 Å². The molecule has 0 aliphatic carbocycles. The fraction of sp³-hybridized carbons (Fsp3) is 0.348. The second-order valence-electron chi connectivity index (χ2n) is 7.55. The van der Waals surface area contributed by atoms with E-state index >= 15 is 0 Å². The number of piperazine rings is 1. The number of aryl methyl sites for hydroxylation is 1. The lowest BCUT2D eigenvalue weighted by atomic mass is 10.0. The van der Waals surface area contributed by atoms with Gasteiger partial charge >= 0.3 is 6.01 Å². The van der Waals surface area contributed by atoms with Gasteiger partial charge in [0.15, 0.2) is 5.78 Å². The number of rotatable bonds is 7. The van der Waals surface area contributed by atoms with Crippen molar-refractivity contribution in [2.24, 2.45) is 0 Å². The number of hydrogen-bond donors (Lipinski definition) is 0. The highest BCUT2D eigenvalue weighted by atomic mass is 16.5. The summed E-state index contributed by atoms with van der Waals surface area (Å²) in [5, 5.41) is 0. The molecular formula is C23H26N6O2. The summed E-state index contributed by atoms with van der Waals surface area (Å²) in [4.78, 5) is 34.8. The third-order valence-corrected chi connectivity index (χ3v) is 5.21. The van der Waals surface area contributed by atoms with Crippen LogP contribution in [0.25, 0.3) is 0 Å². The first kappa shape index (κ1) is 20.9. The maximum absolute atomic E-state index is 12.7. The minimum atomic E-state index is 0.00136. The Hall–Kier alpha value is -3.39. The predicted molar refractivity (Wildman–Crippen MR) is 118 cm³/mol. The van der Waals surface area contributed by atoms with Gasteiger partial charge in [0.25, 0.3) is 0 Å². The number of anilines is 1. The van der Waals surface area contributed by atoms with Crippen molar-refractivity contribution >= 4 is 11.7 Å². The van der Waals surface area contributed by atoms with Crippen molar-refractivity contribution in [3.8, 4) is 11.9 Å². The van der Waals surface area contributed by atoms with Gasteiger partial charge in [0.2, 0.25) is 11.8 Å². The Bertz CT molecular complexity index is 1040. The van der Waals surface area contributed by atoms with Crippen LogP contribution in [0.2, 0.25) is 0 Å². The highest BCUT2D eigenvalue weighted by Gasteiger charge is 2.19. The zero-order valence-corrected chi connectivity index (χ0v) is 17.9. The van der Waals surface area contributed by atoms with Gasteiger partial charge in [-0.05, 0) is 18.7 Å². The molecule has 0 atom stereocenters. The molecule has 3 heterocycles. The van der Waals surface area contributed by atoms with E-state index in [0.29, 0.717) is 30.2 Å². The maximum atomic E-state index is 12.7. The number of carbonyl (C=O) groups excluding carboxylic acids is 1. The van der Waals surface area contributed by atoms with Crippen molar-refractivity contribution in [2.45, 2.75) is 19.8 Å². The summed E-state index contributed by atoms with van der Waals surface area (Å²) < 4.78 is 5.85. The third kappa shape index (κ3) is 5.40. The molecule has 4 rings (SSSR count). The van der Waals surface area contributed by atoms with Crippen molar-refractivity contribution < 1.29 is 9.53 Å². The molecular weight excluding hydrogens is 392 g/mol. The number of benzene rings is 1. The second-order valence-corrected chi connectivity index (χ2v) is 7.55. The summed E-state index contributed by atoms with van der Waals surface area (Å²) >= 11 is 0. The molecule has 8 nitrogen and oxygen atoms in total. The van der Waals surface area contributed by atoms with E-state index in [-0.39, 0.29) is 17.7 Å². The van der Waals surface area contributed by atoms with Gasteiger partial charge in [0.1, 0.15) is 5.82 Å². The summed E-state index contributed by atoms with van der Waals surface area (Å²) in [6, 6.07) is 13.2. The molecule has 1 fully saturated rings. The second kappa shape index (κ2) is 9.61. The number of pyridine rings is 1. The maximum Gasteiger partial charge on any atom is 0.328 e. The molecule has 0 amide bonds. The standard InChI is InChI=1S/C23H26N6O2/c1-3-20-25-22(29-13-11-28(2)12-14-29)27-23(26-20)31-21-16-18(9-10-24-21)19(30)15-17-7-5-4-6-8-17/h4-10,16H,3,11-15H2,1-2H3. The zero-order valence-electron chi connectivity index (χ0n) is 17.9. The van der Waals surface area contributed by atoms with Gasteiger partial charge in [0, 0.05) is 56.8 Å². The lowest BCUT2D eigenvalue weighted by Crippen LogP contribution is -2.45. The summed E-state index contributed by atoms with van der Waals surface area (Å²) in [5.74, 6) is 1.57. The molecule has 31 heavy (non-hydrogen) atoms. The van der Waals surface area contributed by atoms with Gasteiger partial charge in [-0.15, -0.1) is 0 Å². The van der Waals surface area contributed by atoms with Crippen molar-refractivity contribution in [3.05, 3.63) is 65.6 Å². The quantitative estimate of drug-likeness (QED) is 0.542. The van der Waals surface area contributed by atoms with Crippen LogP contribution in [-0.4, -0.2) is 63.8 Å². The first-order chi connectivity index (χ1) is 15.1. The van der Waals surface area contributed by atoms with Gasteiger partial charge < -0.3 is 14.5 Å². The average molecular weight is 419 g/mol. The van der Waals surface area contributed by atoms with Crippen LogP contribution in [0.1, 0.15) is 28.7 Å². The molecule has 1 saturated heterocycles. The molecule has 0 bridgehead atoms. The molecule has 0 unspecified atom stereocenters. The van der Waals surface area contributed by atoms with E-state index in [9.17, 15) is 4.79 Å². The minimum absolute atomic E-state index is 0.00136. The Morgan fingerprint density at radius 1 is 1.03 bits per heavy atom. The van der Waals surface area contributed by atoms with E-state index < -0.39 is 0 Å². The fourth-order valence-corrected chi connectivity index (χ4v) is 3.35. The fourth-order valence-electron chi connectivity index (χ4n) is 3.35. The van der Waals surface area contributed by atoms with E-state index in [1.165, 1.54) is 0 Å². The van der Waals surface area contributed by atoms with Gasteiger partial charge in [-0.2, -0.15) is 15.0 Å². The van der Waals surface area contributed by atoms with Crippen LogP contribution in [0.15, 0.2) is 48.7 Å². The Labute approximate surface area is 181 Å². The molecule has 1 aromatic carbocycles. The number of aromatic nitrogens is 4. The molecule has 1 aliphatic heterocycles. The summed E-state index contributed by atoms with van der Waals surface area (Å²) in [6.45, 7) is 5.61. The molecule has 8 heteroatoms. The summed E-state index contributed by atoms with van der Waals surface area (Å²) in [6.07, 6.45) is 2.56. The Morgan fingerprint density at radius 3 is 2.55 bits per heavy atom. The molecule has 0 spiro atoms. The van der Waals surface area contributed by atoms with E-state index in [4.69, 9.17) is 4.74 Å². The summed E-state index contributed by atoms with van der Waals surface area (Å²) in [5.41, 5.74) is 1.51. The Kier molecular flexibility index (Phi) is 6.47. The van der Waals surface area contributed by atoms with E-state index in [1.54, 1.807) is 18.3 Å². The molecule has 0 radical (unpaired) electrons. The van der Waals surface area contributed by atoms with E-state index in [1.807, 2.05) is 37.3 Å². The van der Waals surface area contributed by atoms with Crippen molar-refractivity contribution in [1.29, 1.82) is 0 Å². The van der Waals surface area contributed by atoms with Gasteiger partial charge in [-0.3, -0.25) is 4.79 Å². The Morgan fingerprint density at radius 2 is 1.81 bits per heavy atom. The zero-order chi connectivity index (χ0) is 21.6. The van der Waals surface area contributed by atoms with Crippen molar-refractivity contribution in [3.63, 3.8) is 0 Å². The van der Waals surface area contributed by atoms with E-state index in [2.05, 4.69) is 36.8 Å². The number of nitrogens with zero attached hydrogens (tertiary/aromatic N) is 6. The average Bonchev–Trinajstić information content (AvgIpc) is 2.80. The highest BCUT2D eigenvalue weighted by molar-refractivity contribution is 5.97. The van der Waals surface area contributed by atoms with Gasteiger partial charge in [0.05, 0.1) is 0 Å². The third-order valence-electron chi connectivity index (χ3n) is 5.21. The van der Waals surface area contributed by atoms with Crippen molar-refractivity contribution in [2.75, 3.05) is 38.1 Å². The molecule has 2 aromatic heterocycles. The lowest BCUT2D eigenvalue weighted by molar-refractivity contribution is 0.0992. The van der Waals surface area contributed by atoms with Crippen LogP contribution in [-0.2, 0) is 12.8 Å². The normalized spacial score (nSPS) is 14.5. The number of ether oxygens (including phenoxy) is 1. The largest absolute Gasteiger partial charge is 0.405 e. The predicted octanol–water partition coefficient (Wildman–Crippen LogP) is 2.80. The van der Waals surface area contributed by atoms with E-state index in [0.717, 1.165) is 31.7 Å². The van der Waals surface area contributed by atoms with Crippen LogP contribution < -0.4 is 9.64 Å². The van der Waals surface area contributed by atoms with Crippen molar-refractivity contribution in [1.82, 2.24) is 24.8 Å². The monoisotopic (exact) mass is 418 g/mol. The Balaban J connectivity index is 1.51. The number of hydrogen-bond acceptors (Lipinski definition) is 8. The van der Waals surface area contributed by atoms with Crippen LogP contribution in [0, 0.1) is 0 Å². The van der Waals surface area contributed by atoms with Crippen LogP contribution in [0.5, 0.6) is 11.9 Å². The molecule has 1 aliphatic rings. The first-order valence-corrected chi connectivity index (χ1v) is 10.5. The number of Topliss-reactive ketones (excluding diaryl/α,β-unsaturated/α-hetero) is 1. The lowest BCUT2D eigenvalue weighted by Gasteiger charge is -2.32. The molecule has 0 N–H and O–H groups in total. The summed E-state index contributed by atoms with van der Waals surface area (Å²) in [7, 11) is 2.11. The van der Waals surface area contributed by atoms with Crippen LogP contribution in [0.4, 0.5) is 5.95 Å². The van der Waals surface area contributed by atoms with Gasteiger partial charge in [-0.1, -0.05) is 37.3 Å². The molecule has 3 aromatic rings. The first-order valence-electron chi connectivity index (χ1n) is 10.5. The number of carbonyl (C=O) groups is 1. The molecule has 0 saturated carbocycles. The smallest absolute Gasteiger partial charge is 0.328 e. The van der Waals surface area contributed by atoms with Gasteiger partial charge in [-0.25, -0.2) is 4.98 Å². The molecule has 160 valence electrons. The number of ketones is 1. The van der Waals surface area contributed by atoms with Crippen LogP contribution in [0.3, 0.4) is 0 Å². The minimum Gasteiger partial charge on any atom is -0.405 e. The number of likely N-dealkylation sites (N-methyl/N-ethyl adjacent to an activating group) is 1. The highest BCUT2D eigenvalue weighted by Crippen LogP contribution is 2.20.